The molecule has 3 rings (SSSR count). The van der Waals surface area contributed by atoms with Gasteiger partial charge in [0.05, 0.1) is 17.8 Å². The molecule has 0 atom stereocenters. The van der Waals surface area contributed by atoms with Gasteiger partial charge in [0.25, 0.3) is 5.91 Å². The van der Waals surface area contributed by atoms with Gasteiger partial charge in [-0.3, -0.25) is 14.6 Å². The zero-order chi connectivity index (χ0) is 20.5. The van der Waals surface area contributed by atoms with Crippen LogP contribution in [0.3, 0.4) is 0 Å². The fourth-order valence-electron chi connectivity index (χ4n) is 3.12. The molecule has 0 spiro atoms. The average Bonchev–Trinajstić information content (AvgIpc) is 2.72. The van der Waals surface area contributed by atoms with Crippen molar-refractivity contribution in [2.24, 2.45) is 5.10 Å². The van der Waals surface area contributed by atoms with Crippen molar-refractivity contribution < 1.29 is 4.79 Å². The molecule has 7 heteroatoms. The smallest absolute Gasteiger partial charge is 0.254 e. The molecule has 1 N–H and O–H groups in total. The number of halogens is 2. The number of rotatable bonds is 7. The van der Waals surface area contributed by atoms with Crippen molar-refractivity contribution in [1.82, 2.24) is 15.2 Å². The number of nitrogens with zero attached hydrogens (tertiary/aromatic N) is 3. The maximum absolute atomic E-state index is 12.1. The predicted octanol–water partition coefficient (Wildman–Crippen LogP) is 3.84. The van der Waals surface area contributed by atoms with Gasteiger partial charge in [0.2, 0.25) is 0 Å². The Hall–Kier alpha value is -2.18. The summed E-state index contributed by atoms with van der Waals surface area (Å²) >= 11 is 12.4. The van der Waals surface area contributed by atoms with Crippen LogP contribution in [-0.4, -0.2) is 54.6 Å². The van der Waals surface area contributed by atoms with E-state index in [1.165, 1.54) is 6.21 Å². The van der Waals surface area contributed by atoms with Gasteiger partial charge in [-0.25, -0.2) is 5.43 Å². The summed E-state index contributed by atoms with van der Waals surface area (Å²) in [5.41, 5.74) is 4.65. The quantitative estimate of drug-likeness (QED) is 0.536. The number of allylic oxidation sites excluding steroid dienone is 1. The Morgan fingerprint density at radius 3 is 2.38 bits per heavy atom. The van der Waals surface area contributed by atoms with Gasteiger partial charge in [-0.15, -0.1) is 0 Å². The highest BCUT2D eigenvalue weighted by atomic mass is 35.5. The van der Waals surface area contributed by atoms with E-state index < -0.39 is 0 Å². The van der Waals surface area contributed by atoms with E-state index in [0.29, 0.717) is 11.6 Å². The minimum atomic E-state index is -0.148. The molecule has 1 heterocycles. The second-order valence-electron chi connectivity index (χ2n) is 6.88. The molecule has 0 saturated carbocycles. The zero-order valence-electron chi connectivity index (χ0n) is 16.1. The maximum atomic E-state index is 12.1. The molecule has 1 saturated heterocycles. The molecule has 0 radical (unpaired) electrons. The highest BCUT2D eigenvalue weighted by molar-refractivity contribution is 6.41. The van der Waals surface area contributed by atoms with Crippen molar-refractivity contribution >= 4 is 41.4 Å². The van der Waals surface area contributed by atoms with Crippen LogP contribution < -0.4 is 5.43 Å². The number of carbonyl (C=O) groups is 1. The molecule has 1 fully saturated rings. The molecule has 29 heavy (non-hydrogen) atoms. The lowest BCUT2D eigenvalue weighted by Crippen LogP contribution is -2.48. The summed E-state index contributed by atoms with van der Waals surface area (Å²) in [4.78, 5) is 16.6. The van der Waals surface area contributed by atoms with Gasteiger partial charge in [-0.2, -0.15) is 5.10 Å². The van der Waals surface area contributed by atoms with Crippen LogP contribution in [0.25, 0.3) is 6.08 Å². The second kappa shape index (κ2) is 11.1. The molecule has 1 aliphatic heterocycles. The summed E-state index contributed by atoms with van der Waals surface area (Å²) in [5.74, 6) is -0.148. The van der Waals surface area contributed by atoms with Crippen LogP contribution in [-0.2, 0) is 11.3 Å². The first-order valence-electron chi connectivity index (χ1n) is 9.52. The molecule has 1 amide bonds. The SMILES string of the molecule is O=C(CN1CCN(Cc2ccccc2Cl)CC1)N/N=C\C(Cl)=C/c1ccccc1. The van der Waals surface area contributed by atoms with Gasteiger partial charge in [0.15, 0.2) is 0 Å². The van der Waals surface area contributed by atoms with Crippen LogP contribution in [0.2, 0.25) is 5.02 Å². The Labute approximate surface area is 181 Å². The van der Waals surface area contributed by atoms with E-state index >= 15 is 0 Å². The number of nitrogens with one attached hydrogen (secondary N) is 1. The minimum absolute atomic E-state index is 0.148. The van der Waals surface area contributed by atoms with Crippen LogP contribution in [0.1, 0.15) is 11.1 Å². The molecular weight excluding hydrogens is 407 g/mol. The maximum Gasteiger partial charge on any atom is 0.254 e. The Bertz CT molecular complexity index is 862. The summed E-state index contributed by atoms with van der Waals surface area (Å²) in [7, 11) is 0. The van der Waals surface area contributed by atoms with Crippen molar-refractivity contribution in [2.75, 3.05) is 32.7 Å². The summed E-state index contributed by atoms with van der Waals surface area (Å²) in [6.45, 7) is 4.60. The minimum Gasteiger partial charge on any atom is -0.296 e. The lowest BCUT2D eigenvalue weighted by molar-refractivity contribution is -0.122. The summed E-state index contributed by atoms with van der Waals surface area (Å²) in [6.07, 6.45) is 3.23. The molecule has 152 valence electrons. The summed E-state index contributed by atoms with van der Waals surface area (Å²) < 4.78 is 0. The predicted molar refractivity (Wildman–Crippen MR) is 120 cm³/mol. The van der Waals surface area contributed by atoms with Crippen molar-refractivity contribution in [3.63, 3.8) is 0 Å². The van der Waals surface area contributed by atoms with Gasteiger partial charge >= 0.3 is 0 Å². The topological polar surface area (TPSA) is 47.9 Å². The van der Waals surface area contributed by atoms with E-state index in [1.807, 2.05) is 48.5 Å². The first-order valence-corrected chi connectivity index (χ1v) is 10.3. The largest absolute Gasteiger partial charge is 0.296 e. The lowest BCUT2D eigenvalue weighted by atomic mass is 10.2. The molecule has 0 bridgehead atoms. The number of carbonyl (C=O) groups excluding carboxylic acids is 1. The van der Waals surface area contributed by atoms with Gasteiger partial charge in [-0.05, 0) is 23.3 Å². The highest BCUT2D eigenvalue weighted by Crippen LogP contribution is 2.17. The van der Waals surface area contributed by atoms with Crippen LogP contribution in [0.5, 0.6) is 0 Å². The van der Waals surface area contributed by atoms with Crippen molar-refractivity contribution in [3.05, 3.63) is 75.8 Å². The zero-order valence-corrected chi connectivity index (χ0v) is 17.6. The fourth-order valence-corrected chi connectivity index (χ4v) is 3.49. The average molecular weight is 431 g/mol. The number of amides is 1. The van der Waals surface area contributed by atoms with E-state index in [1.54, 1.807) is 6.08 Å². The third kappa shape index (κ3) is 7.29. The van der Waals surface area contributed by atoms with Gasteiger partial charge in [0.1, 0.15) is 0 Å². The Kier molecular flexibility index (Phi) is 8.25. The van der Waals surface area contributed by atoms with Crippen molar-refractivity contribution in [1.29, 1.82) is 0 Å². The molecule has 2 aromatic rings. The standard InChI is InChI=1S/C22H24Cl2N4O/c23-20(14-18-6-2-1-3-7-18)15-25-26-22(29)17-28-12-10-27(11-13-28)16-19-8-4-5-9-21(19)24/h1-9,14-15H,10-13,16-17H2,(H,26,29)/b20-14+,25-15-. The number of hydrogen-bond acceptors (Lipinski definition) is 4. The van der Waals surface area contributed by atoms with E-state index in [2.05, 4.69) is 26.4 Å². The third-order valence-electron chi connectivity index (χ3n) is 4.67. The third-order valence-corrected chi connectivity index (χ3v) is 5.24. The van der Waals surface area contributed by atoms with Crippen molar-refractivity contribution in [3.8, 4) is 0 Å². The first-order chi connectivity index (χ1) is 14.1. The number of piperazine rings is 1. The van der Waals surface area contributed by atoms with E-state index in [-0.39, 0.29) is 5.91 Å². The van der Waals surface area contributed by atoms with E-state index in [0.717, 1.165) is 48.9 Å². The molecule has 1 aliphatic rings. The van der Waals surface area contributed by atoms with Crippen molar-refractivity contribution in [2.45, 2.75) is 6.54 Å². The lowest BCUT2D eigenvalue weighted by Gasteiger charge is -2.34. The van der Waals surface area contributed by atoms with Crippen LogP contribution in [0.15, 0.2) is 64.7 Å². The van der Waals surface area contributed by atoms with Crippen LogP contribution in [0, 0.1) is 0 Å². The van der Waals surface area contributed by atoms with Gasteiger partial charge in [0, 0.05) is 37.7 Å². The highest BCUT2D eigenvalue weighted by Gasteiger charge is 2.19. The van der Waals surface area contributed by atoms with E-state index in [9.17, 15) is 4.79 Å². The molecule has 0 aliphatic carbocycles. The first kappa shape index (κ1) is 21.5. The van der Waals surface area contributed by atoms with Crippen LogP contribution in [0.4, 0.5) is 0 Å². The number of hydrogen-bond donors (Lipinski definition) is 1. The van der Waals surface area contributed by atoms with E-state index in [4.69, 9.17) is 23.2 Å². The molecule has 0 aromatic heterocycles. The second-order valence-corrected chi connectivity index (χ2v) is 7.72. The summed E-state index contributed by atoms with van der Waals surface area (Å²) in [5, 5.41) is 5.18. The van der Waals surface area contributed by atoms with Gasteiger partial charge in [-0.1, -0.05) is 71.7 Å². The van der Waals surface area contributed by atoms with Gasteiger partial charge < -0.3 is 0 Å². The number of benzene rings is 2. The molecule has 2 aromatic carbocycles. The molecule has 0 unspecified atom stereocenters. The summed E-state index contributed by atoms with van der Waals surface area (Å²) in [6, 6.07) is 17.6. The normalized spacial score (nSPS) is 16.3. The molecule has 5 nitrogen and oxygen atoms in total. The Balaban J connectivity index is 1.38. The van der Waals surface area contributed by atoms with Crippen LogP contribution >= 0.6 is 23.2 Å². The number of hydrazone groups is 1. The fraction of sp³-hybridized carbons (Fsp3) is 0.273. The Morgan fingerprint density at radius 1 is 1.00 bits per heavy atom. The molecular formula is C22H24Cl2N4O. The Morgan fingerprint density at radius 2 is 1.66 bits per heavy atom. The monoisotopic (exact) mass is 430 g/mol.